The SMILES string of the molecule is O=C(CN1CCCN(c2nc3ccccc3[nH]2)CC1)Nc1ccc(Br)cc1. The molecule has 1 aliphatic heterocycles. The van der Waals surface area contributed by atoms with Crippen LogP contribution >= 0.6 is 15.9 Å². The molecule has 27 heavy (non-hydrogen) atoms. The smallest absolute Gasteiger partial charge is 0.238 e. The number of imidazole rings is 1. The number of nitrogens with zero attached hydrogens (tertiary/aromatic N) is 3. The summed E-state index contributed by atoms with van der Waals surface area (Å²) >= 11 is 3.40. The monoisotopic (exact) mass is 427 g/mol. The Hall–Kier alpha value is -2.38. The lowest BCUT2D eigenvalue weighted by molar-refractivity contribution is -0.117. The zero-order valence-corrected chi connectivity index (χ0v) is 16.6. The van der Waals surface area contributed by atoms with E-state index in [2.05, 4.69) is 36.0 Å². The van der Waals surface area contributed by atoms with Crippen molar-refractivity contribution < 1.29 is 4.79 Å². The molecule has 7 heteroatoms. The molecule has 0 spiro atoms. The van der Waals surface area contributed by atoms with E-state index >= 15 is 0 Å². The van der Waals surface area contributed by atoms with E-state index in [9.17, 15) is 4.79 Å². The van der Waals surface area contributed by atoms with Crippen molar-refractivity contribution >= 4 is 44.5 Å². The van der Waals surface area contributed by atoms with E-state index in [0.29, 0.717) is 6.54 Å². The summed E-state index contributed by atoms with van der Waals surface area (Å²) in [6.07, 6.45) is 1.00. The first-order valence-corrected chi connectivity index (χ1v) is 9.94. The maximum absolute atomic E-state index is 12.4. The van der Waals surface area contributed by atoms with Gasteiger partial charge < -0.3 is 15.2 Å². The maximum atomic E-state index is 12.4. The first-order chi connectivity index (χ1) is 13.2. The number of halogens is 1. The van der Waals surface area contributed by atoms with E-state index in [4.69, 9.17) is 4.98 Å². The molecule has 1 fully saturated rings. The van der Waals surface area contributed by atoms with Crippen molar-refractivity contribution in [3.05, 3.63) is 53.0 Å². The first kappa shape index (κ1) is 18.0. The molecular weight excluding hydrogens is 406 g/mol. The van der Waals surface area contributed by atoms with Gasteiger partial charge in [-0.3, -0.25) is 9.69 Å². The highest BCUT2D eigenvalue weighted by Crippen LogP contribution is 2.18. The van der Waals surface area contributed by atoms with Crippen LogP contribution in [-0.4, -0.2) is 53.5 Å². The second-order valence-corrected chi connectivity index (χ2v) is 7.67. The van der Waals surface area contributed by atoms with Crippen LogP contribution in [0.3, 0.4) is 0 Å². The number of H-pyrrole nitrogens is 1. The van der Waals surface area contributed by atoms with Gasteiger partial charge in [-0.15, -0.1) is 0 Å². The molecule has 0 saturated carbocycles. The minimum absolute atomic E-state index is 0.0227. The van der Waals surface area contributed by atoms with Crippen molar-refractivity contribution in [3.63, 3.8) is 0 Å². The largest absolute Gasteiger partial charge is 0.341 e. The van der Waals surface area contributed by atoms with Gasteiger partial charge in [-0.1, -0.05) is 28.1 Å². The Labute approximate surface area is 166 Å². The Bertz CT molecular complexity index is 891. The van der Waals surface area contributed by atoms with Crippen molar-refractivity contribution in [1.29, 1.82) is 0 Å². The van der Waals surface area contributed by atoms with Crippen LogP contribution in [0.25, 0.3) is 11.0 Å². The highest BCUT2D eigenvalue weighted by molar-refractivity contribution is 9.10. The molecule has 1 aliphatic rings. The molecule has 140 valence electrons. The first-order valence-electron chi connectivity index (χ1n) is 9.15. The quantitative estimate of drug-likeness (QED) is 0.668. The molecule has 2 N–H and O–H groups in total. The van der Waals surface area contributed by atoms with Gasteiger partial charge in [0.05, 0.1) is 17.6 Å². The van der Waals surface area contributed by atoms with Gasteiger partial charge in [0.15, 0.2) is 0 Å². The molecule has 1 amide bonds. The number of anilines is 2. The number of para-hydroxylation sites is 2. The standard InChI is InChI=1S/C20H22BrN5O/c21-15-6-8-16(9-7-15)22-19(27)14-25-10-3-11-26(13-12-25)20-23-17-4-1-2-5-18(17)24-20/h1-2,4-9H,3,10-14H2,(H,22,27)(H,23,24). The van der Waals surface area contributed by atoms with Crippen LogP contribution < -0.4 is 10.2 Å². The van der Waals surface area contributed by atoms with E-state index < -0.39 is 0 Å². The Morgan fingerprint density at radius 3 is 2.70 bits per heavy atom. The third-order valence-corrected chi connectivity index (χ3v) is 5.29. The number of aromatic nitrogens is 2. The van der Waals surface area contributed by atoms with E-state index in [-0.39, 0.29) is 5.91 Å². The van der Waals surface area contributed by atoms with Crippen LogP contribution in [0.4, 0.5) is 11.6 Å². The van der Waals surface area contributed by atoms with Crippen molar-refractivity contribution in [2.24, 2.45) is 0 Å². The highest BCUT2D eigenvalue weighted by atomic mass is 79.9. The van der Waals surface area contributed by atoms with Crippen LogP contribution in [-0.2, 0) is 4.79 Å². The lowest BCUT2D eigenvalue weighted by atomic mass is 10.3. The fourth-order valence-corrected chi connectivity index (χ4v) is 3.63. The Morgan fingerprint density at radius 2 is 1.89 bits per heavy atom. The minimum Gasteiger partial charge on any atom is -0.341 e. The molecule has 0 atom stereocenters. The molecule has 0 aliphatic carbocycles. The third kappa shape index (κ3) is 4.48. The molecule has 1 aromatic heterocycles. The van der Waals surface area contributed by atoms with E-state index in [1.165, 1.54) is 0 Å². The van der Waals surface area contributed by atoms with Crippen LogP contribution in [0.15, 0.2) is 53.0 Å². The predicted molar refractivity (Wildman–Crippen MR) is 112 cm³/mol. The van der Waals surface area contributed by atoms with Gasteiger partial charge in [0.25, 0.3) is 0 Å². The fraction of sp³-hybridized carbons (Fsp3) is 0.300. The van der Waals surface area contributed by atoms with E-state index in [1.54, 1.807) is 0 Å². The number of fused-ring (bicyclic) bond motifs is 1. The average molecular weight is 428 g/mol. The molecule has 4 rings (SSSR count). The van der Waals surface area contributed by atoms with Crippen molar-refractivity contribution in [2.75, 3.05) is 42.9 Å². The summed E-state index contributed by atoms with van der Waals surface area (Å²) in [6.45, 7) is 3.94. The number of rotatable bonds is 4. The summed E-state index contributed by atoms with van der Waals surface area (Å²) in [5.74, 6) is 0.937. The maximum Gasteiger partial charge on any atom is 0.238 e. The van der Waals surface area contributed by atoms with Gasteiger partial charge in [0, 0.05) is 36.3 Å². The van der Waals surface area contributed by atoms with Crippen LogP contribution in [0.1, 0.15) is 6.42 Å². The molecule has 1 saturated heterocycles. The summed E-state index contributed by atoms with van der Waals surface area (Å²) in [6, 6.07) is 15.7. The zero-order valence-electron chi connectivity index (χ0n) is 15.0. The number of hydrogen-bond acceptors (Lipinski definition) is 4. The Kier molecular flexibility index (Phi) is 5.40. The van der Waals surface area contributed by atoms with Gasteiger partial charge in [-0.2, -0.15) is 0 Å². The zero-order chi connectivity index (χ0) is 18.6. The molecule has 0 radical (unpaired) electrons. The van der Waals surface area contributed by atoms with Gasteiger partial charge in [0.2, 0.25) is 11.9 Å². The molecule has 6 nitrogen and oxygen atoms in total. The van der Waals surface area contributed by atoms with Gasteiger partial charge >= 0.3 is 0 Å². The third-order valence-electron chi connectivity index (χ3n) is 4.76. The minimum atomic E-state index is 0.0227. The van der Waals surface area contributed by atoms with Crippen molar-refractivity contribution in [3.8, 4) is 0 Å². The Balaban J connectivity index is 1.34. The summed E-state index contributed by atoms with van der Waals surface area (Å²) < 4.78 is 0.999. The highest BCUT2D eigenvalue weighted by Gasteiger charge is 2.19. The van der Waals surface area contributed by atoms with Crippen molar-refractivity contribution in [1.82, 2.24) is 14.9 Å². The lowest BCUT2D eigenvalue weighted by Gasteiger charge is -2.21. The van der Waals surface area contributed by atoms with Gasteiger partial charge in [0.1, 0.15) is 0 Å². The van der Waals surface area contributed by atoms with E-state index in [0.717, 1.165) is 59.7 Å². The number of carbonyl (C=O) groups excluding carboxylic acids is 1. The lowest BCUT2D eigenvalue weighted by Crippen LogP contribution is -2.36. The number of amides is 1. The number of carbonyl (C=O) groups is 1. The molecule has 0 bridgehead atoms. The topological polar surface area (TPSA) is 64.3 Å². The molecule has 2 heterocycles. The molecule has 2 aromatic carbocycles. The number of aromatic amines is 1. The predicted octanol–water partition coefficient (Wildman–Crippen LogP) is 3.48. The summed E-state index contributed by atoms with van der Waals surface area (Å²) in [7, 11) is 0. The summed E-state index contributed by atoms with van der Waals surface area (Å²) in [5, 5.41) is 2.96. The fourth-order valence-electron chi connectivity index (χ4n) is 3.37. The Morgan fingerprint density at radius 1 is 1.07 bits per heavy atom. The number of benzene rings is 2. The normalized spacial score (nSPS) is 15.7. The second kappa shape index (κ2) is 8.10. The molecular formula is C20H22BrN5O. The van der Waals surface area contributed by atoms with E-state index in [1.807, 2.05) is 48.5 Å². The summed E-state index contributed by atoms with van der Waals surface area (Å²) in [5.41, 5.74) is 2.87. The summed E-state index contributed by atoms with van der Waals surface area (Å²) in [4.78, 5) is 24.9. The number of nitrogens with one attached hydrogen (secondary N) is 2. The number of hydrogen-bond donors (Lipinski definition) is 2. The van der Waals surface area contributed by atoms with Crippen LogP contribution in [0, 0.1) is 0 Å². The molecule has 3 aromatic rings. The van der Waals surface area contributed by atoms with Crippen LogP contribution in [0.2, 0.25) is 0 Å². The van der Waals surface area contributed by atoms with Gasteiger partial charge in [-0.05, 0) is 42.8 Å². The van der Waals surface area contributed by atoms with Crippen molar-refractivity contribution in [2.45, 2.75) is 6.42 Å². The average Bonchev–Trinajstić information content (AvgIpc) is 2.96. The second-order valence-electron chi connectivity index (χ2n) is 6.75. The van der Waals surface area contributed by atoms with Crippen LogP contribution in [0.5, 0.6) is 0 Å². The molecule has 0 unspecified atom stereocenters. The van der Waals surface area contributed by atoms with Gasteiger partial charge in [-0.25, -0.2) is 4.98 Å².